The van der Waals surface area contributed by atoms with Crippen LogP contribution in [0.5, 0.6) is 5.75 Å². The molecule has 0 bridgehead atoms. The molecular weight excluding hydrogens is 328 g/mol. The number of benzene rings is 1. The maximum Gasteiger partial charge on any atom is 0.251 e. The van der Waals surface area contributed by atoms with Crippen LogP contribution in [0.4, 0.5) is 11.5 Å². The molecule has 1 aliphatic rings. The maximum absolute atomic E-state index is 12.2. The maximum atomic E-state index is 12.2. The van der Waals surface area contributed by atoms with E-state index < -0.39 is 0 Å². The van der Waals surface area contributed by atoms with Crippen LogP contribution >= 0.6 is 0 Å². The number of hydrogen-bond acceptors (Lipinski definition) is 5. The van der Waals surface area contributed by atoms with Crippen molar-refractivity contribution in [1.29, 1.82) is 0 Å². The Balaban J connectivity index is 1.66. The molecule has 0 spiro atoms. The molecular formula is C20H26N4O2. The fourth-order valence-corrected chi connectivity index (χ4v) is 3.14. The third kappa shape index (κ3) is 4.07. The van der Waals surface area contributed by atoms with E-state index >= 15 is 0 Å². The first kappa shape index (κ1) is 18.0. The molecule has 6 nitrogen and oxygen atoms in total. The highest BCUT2D eigenvalue weighted by atomic mass is 16.5. The lowest BCUT2D eigenvalue weighted by Crippen LogP contribution is -2.47. The zero-order valence-corrected chi connectivity index (χ0v) is 15.4. The number of ether oxygens (including phenoxy) is 1. The third-order valence-corrected chi connectivity index (χ3v) is 4.57. The number of anilines is 2. The predicted molar refractivity (Wildman–Crippen MR) is 104 cm³/mol. The monoisotopic (exact) mass is 354 g/mol. The van der Waals surface area contributed by atoms with Crippen LogP contribution in [-0.4, -0.2) is 50.7 Å². The average Bonchev–Trinajstić information content (AvgIpc) is 2.72. The van der Waals surface area contributed by atoms with Crippen molar-refractivity contribution in [2.75, 3.05) is 49.6 Å². The van der Waals surface area contributed by atoms with Gasteiger partial charge in [0, 0.05) is 44.5 Å². The summed E-state index contributed by atoms with van der Waals surface area (Å²) in [6.45, 7) is 6.20. The Hall–Kier alpha value is -2.76. The molecule has 1 saturated heterocycles. The van der Waals surface area contributed by atoms with E-state index in [1.54, 1.807) is 19.4 Å². The minimum Gasteiger partial charge on any atom is -0.495 e. The van der Waals surface area contributed by atoms with E-state index in [2.05, 4.69) is 26.2 Å². The molecule has 138 valence electrons. The lowest BCUT2D eigenvalue weighted by Gasteiger charge is -2.37. The second-order valence-corrected chi connectivity index (χ2v) is 6.30. The molecule has 3 rings (SSSR count). The molecule has 0 atom stereocenters. The first-order valence-corrected chi connectivity index (χ1v) is 9.10. The summed E-state index contributed by atoms with van der Waals surface area (Å²) in [7, 11) is 1.70. The van der Waals surface area contributed by atoms with E-state index in [-0.39, 0.29) is 5.91 Å². The van der Waals surface area contributed by atoms with Crippen molar-refractivity contribution in [1.82, 2.24) is 10.3 Å². The standard InChI is InChI=1S/C20H26N4O2/c1-3-9-22-20(25)16-8-10-21-19(15-16)24-13-11-23(12-14-24)17-6-4-5-7-18(17)26-2/h4-8,10,15H,3,9,11-14H2,1-2H3,(H,22,25). The van der Waals surface area contributed by atoms with Crippen LogP contribution in [0.3, 0.4) is 0 Å². The number of pyridine rings is 1. The third-order valence-electron chi connectivity index (χ3n) is 4.57. The van der Waals surface area contributed by atoms with Crippen molar-refractivity contribution >= 4 is 17.4 Å². The van der Waals surface area contributed by atoms with Gasteiger partial charge in [0.05, 0.1) is 12.8 Å². The van der Waals surface area contributed by atoms with Gasteiger partial charge in [0.2, 0.25) is 0 Å². The van der Waals surface area contributed by atoms with Gasteiger partial charge in [-0.1, -0.05) is 19.1 Å². The van der Waals surface area contributed by atoms with Gasteiger partial charge in [-0.25, -0.2) is 4.98 Å². The first-order valence-electron chi connectivity index (χ1n) is 9.10. The Morgan fingerprint density at radius 3 is 2.62 bits per heavy atom. The fraction of sp³-hybridized carbons (Fsp3) is 0.400. The number of aromatic nitrogens is 1. The van der Waals surface area contributed by atoms with Crippen molar-refractivity contribution in [3.63, 3.8) is 0 Å². The molecule has 1 N–H and O–H groups in total. The van der Waals surface area contributed by atoms with Crippen molar-refractivity contribution in [2.24, 2.45) is 0 Å². The molecule has 1 aromatic carbocycles. The van der Waals surface area contributed by atoms with E-state index in [0.29, 0.717) is 12.1 Å². The van der Waals surface area contributed by atoms with E-state index in [0.717, 1.165) is 49.9 Å². The average molecular weight is 354 g/mol. The van der Waals surface area contributed by atoms with Crippen LogP contribution in [-0.2, 0) is 0 Å². The van der Waals surface area contributed by atoms with Crippen molar-refractivity contribution in [3.8, 4) is 5.75 Å². The molecule has 1 amide bonds. The molecule has 6 heteroatoms. The lowest BCUT2D eigenvalue weighted by atomic mass is 10.2. The van der Waals surface area contributed by atoms with Crippen LogP contribution in [0.1, 0.15) is 23.7 Å². The highest BCUT2D eigenvalue weighted by Gasteiger charge is 2.21. The van der Waals surface area contributed by atoms with Crippen LogP contribution in [0.2, 0.25) is 0 Å². The molecule has 0 radical (unpaired) electrons. The largest absolute Gasteiger partial charge is 0.495 e. The number of para-hydroxylation sites is 2. The zero-order chi connectivity index (χ0) is 18.4. The number of nitrogens with one attached hydrogen (secondary N) is 1. The SMILES string of the molecule is CCCNC(=O)c1ccnc(N2CCN(c3ccccc3OC)CC2)c1. The highest BCUT2D eigenvalue weighted by molar-refractivity contribution is 5.94. The lowest BCUT2D eigenvalue weighted by molar-refractivity contribution is 0.0953. The molecule has 2 aromatic rings. The Kier molecular flexibility index (Phi) is 5.94. The number of hydrogen-bond donors (Lipinski definition) is 1. The van der Waals surface area contributed by atoms with E-state index in [1.807, 2.05) is 31.2 Å². The molecule has 2 heterocycles. The predicted octanol–water partition coefficient (Wildman–Crippen LogP) is 2.56. The summed E-state index contributed by atoms with van der Waals surface area (Å²) in [4.78, 5) is 21.2. The Bertz CT molecular complexity index is 742. The van der Waals surface area contributed by atoms with Gasteiger partial charge in [-0.15, -0.1) is 0 Å². The van der Waals surface area contributed by atoms with Crippen LogP contribution in [0, 0.1) is 0 Å². The first-order chi connectivity index (χ1) is 12.7. The number of nitrogens with zero attached hydrogens (tertiary/aromatic N) is 3. The van der Waals surface area contributed by atoms with Crippen molar-refractivity contribution < 1.29 is 9.53 Å². The van der Waals surface area contributed by atoms with Gasteiger partial charge in [-0.05, 0) is 30.7 Å². The number of carbonyl (C=O) groups is 1. The zero-order valence-electron chi connectivity index (χ0n) is 15.4. The van der Waals surface area contributed by atoms with Gasteiger partial charge in [0.25, 0.3) is 5.91 Å². The number of rotatable bonds is 6. The summed E-state index contributed by atoms with van der Waals surface area (Å²) in [6, 6.07) is 11.7. The van der Waals surface area contributed by atoms with Crippen LogP contribution in [0.25, 0.3) is 0 Å². The summed E-state index contributed by atoms with van der Waals surface area (Å²) in [5, 5.41) is 2.91. The summed E-state index contributed by atoms with van der Waals surface area (Å²) in [5.74, 6) is 1.71. The van der Waals surface area contributed by atoms with Gasteiger partial charge in [-0.2, -0.15) is 0 Å². The number of piperazine rings is 1. The Labute approximate surface area is 154 Å². The quantitative estimate of drug-likeness (QED) is 0.864. The summed E-state index contributed by atoms with van der Waals surface area (Å²) in [5.41, 5.74) is 1.78. The Morgan fingerprint density at radius 1 is 1.15 bits per heavy atom. The number of amides is 1. The van der Waals surface area contributed by atoms with E-state index in [9.17, 15) is 4.79 Å². The van der Waals surface area contributed by atoms with Crippen molar-refractivity contribution in [3.05, 3.63) is 48.2 Å². The van der Waals surface area contributed by atoms with E-state index in [4.69, 9.17) is 4.74 Å². The minimum absolute atomic E-state index is 0.0387. The summed E-state index contributed by atoms with van der Waals surface area (Å²) >= 11 is 0. The highest BCUT2D eigenvalue weighted by Crippen LogP contribution is 2.29. The molecule has 1 aromatic heterocycles. The van der Waals surface area contributed by atoms with Crippen LogP contribution < -0.4 is 19.9 Å². The molecule has 1 aliphatic heterocycles. The van der Waals surface area contributed by atoms with Gasteiger partial charge < -0.3 is 19.9 Å². The minimum atomic E-state index is -0.0387. The van der Waals surface area contributed by atoms with Gasteiger partial charge >= 0.3 is 0 Å². The van der Waals surface area contributed by atoms with Crippen molar-refractivity contribution in [2.45, 2.75) is 13.3 Å². The normalized spacial score (nSPS) is 14.2. The van der Waals surface area contributed by atoms with Crippen LogP contribution in [0.15, 0.2) is 42.6 Å². The summed E-state index contributed by atoms with van der Waals surface area (Å²) < 4.78 is 5.47. The van der Waals surface area contributed by atoms with E-state index in [1.165, 1.54) is 0 Å². The number of carbonyl (C=O) groups excluding carboxylic acids is 1. The van der Waals surface area contributed by atoms with Gasteiger partial charge in [-0.3, -0.25) is 4.79 Å². The van der Waals surface area contributed by atoms with Gasteiger partial charge in [0.15, 0.2) is 0 Å². The molecule has 26 heavy (non-hydrogen) atoms. The molecule has 1 fully saturated rings. The Morgan fingerprint density at radius 2 is 1.88 bits per heavy atom. The fourth-order valence-electron chi connectivity index (χ4n) is 3.14. The number of methoxy groups -OCH3 is 1. The topological polar surface area (TPSA) is 57.7 Å². The summed E-state index contributed by atoms with van der Waals surface area (Å²) in [6.07, 6.45) is 2.64. The second kappa shape index (κ2) is 8.56. The van der Waals surface area contributed by atoms with Gasteiger partial charge in [0.1, 0.15) is 11.6 Å². The molecule has 0 saturated carbocycles. The second-order valence-electron chi connectivity index (χ2n) is 6.30. The smallest absolute Gasteiger partial charge is 0.251 e. The molecule has 0 aliphatic carbocycles. The molecule has 0 unspecified atom stereocenters.